The predicted octanol–water partition coefficient (Wildman–Crippen LogP) is 3.28. The van der Waals surface area contributed by atoms with Crippen molar-refractivity contribution in [1.82, 2.24) is 5.32 Å². The monoisotopic (exact) mass is 240 g/mol. The van der Waals surface area contributed by atoms with E-state index in [1.54, 1.807) is 0 Å². The second-order valence-corrected chi connectivity index (χ2v) is 6.66. The van der Waals surface area contributed by atoms with E-state index in [-0.39, 0.29) is 0 Å². The molecule has 1 N–H and O–H groups in total. The Balaban J connectivity index is 1.69. The Kier molecular flexibility index (Phi) is 4.17. The van der Waals surface area contributed by atoms with Crippen LogP contribution in [0.25, 0.3) is 0 Å². The van der Waals surface area contributed by atoms with Crippen LogP contribution >= 0.6 is 11.8 Å². The van der Waals surface area contributed by atoms with Gasteiger partial charge in [0.2, 0.25) is 0 Å². The third-order valence-corrected chi connectivity index (χ3v) is 4.96. The van der Waals surface area contributed by atoms with Crippen molar-refractivity contribution in [2.45, 2.75) is 57.7 Å². The van der Waals surface area contributed by atoms with Crippen LogP contribution in [0.3, 0.4) is 0 Å². The summed E-state index contributed by atoms with van der Waals surface area (Å²) in [7, 11) is 0. The average Bonchev–Trinajstić information content (AvgIpc) is 3.00. The zero-order valence-corrected chi connectivity index (χ0v) is 11.5. The summed E-state index contributed by atoms with van der Waals surface area (Å²) >= 11 is 1.98. The number of nitrogens with one attached hydrogen (secondary N) is 1. The van der Waals surface area contributed by atoms with E-state index >= 15 is 0 Å². The van der Waals surface area contributed by atoms with Crippen molar-refractivity contribution in [2.75, 3.05) is 6.54 Å². The molecule has 0 radical (unpaired) electrons. The Bertz CT molecular complexity index is 261. The van der Waals surface area contributed by atoms with Gasteiger partial charge in [0.25, 0.3) is 0 Å². The van der Waals surface area contributed by atoms with Gasteiger partial charge in [0.05, 0.1) is 6.54 Å². The molecule has 1 fully saturated rings. The number of hydrogen-bond acceptors (Lipinski definition) is 3. The molecule has 1 heterocycles. The molecule has 1 aliphatic heterocycles. The number of amidine groups is 1. The van der Waals surface area contributed by atoms with Crippen molar-refractivity contribution in [3.05, 3.63) is 0 Å². The van der Waals surface area contributed by atoms with Crippen molar-refractivity contribution < 1.29 is 0 Å². The zero-order valence-electron chi connectivity index (χ0n) is 10.7. The highest BCUT2D eigenvalue weighted by Crippen LogP contribution is 2.41. The van der Waals surface area contributed by atoms with Crippen molar-refractivity contribution in [3.8, 4) is 0 Å². The Labute approximate surface area is 104 Å². The molecule has 0 saturated heterocycles. The molecular formula is C13H24N2S. The summed E-state index contributed by atoms with van der Waals surface area (Å²) < 4.78 is 0. The lowest BCUT2D eigenvalue weighted by Crippen LogP contribution is -2.31. The minimum atomic E-state index is 0.569. The summed E-state index contributed by atoms with van der Waals surface area (Å²) in [5.74, 6) is 1.78. The second-order valence-electron chi connectivity index (χ2n) is 5.43. The van der Waals surface area contributed by atoms with E-state index in [0.717, 1.165) is 23.6 Å². The molecular weight excluding hydrogens is 216 g/mol. The van der Waals surface area contributed by atoms with Gasteiger partial charge < -0.3 is 5.32 Å². The van der Waals surface area contributed by atoms with Crippen LogP contribution < -0.4 is 5.32 Å². The predicted molar refractivity (Wildman–Crippen MR) is 73.1 cm³/mol. The molecule has 0 aromatic rings. The Morgan fingerprint density at radius 1 is 1.44 bits per heavy atom. The Morgan fingerprint density at radius 3 is 2.81 bits per heavy atom. The molecule has 0 spiro atoms. The smallest absolute Gasteiger partial charge is 0.157 e. The molecule has 1 saturated carbocycles. The van der Waals surface area contributed by atoms with Crippen molar-refractivity contribution in [3.63, 3.8) is 0 Å². The molecule has 0 aromatic heterocycles. The van der Waals surface area contributed by atoms with Crippen molar-refractivity contribution >= 4 is 16.9 Å². The van der Waals surface area contributed by atoms with Crippen LogP contribution in [-0.4, -0.2) is 23.0 Å². The van der Waals surface area contributed by atoms with E-state index in [1.165, 1.54) is 30.9 Å². The number of rotatable bonds is 5. The second kappa shape index (κ2) is 5.44. The number of aliphatic imine (C=N–C) groups is 1. The quantitative estimate of drug-likeness (QED) is 0.797. The van der Waals surface area contributed by atoms with Crippen molar-refractivity contribution in [2.24, 2.45) is 16.8 Å². The molecule has 1 aliphatic carbocycles. The molecule has 2 nitrogen and oxygen atoms in total. The number of nitrogens with zero attached hydrogens (tertiary/aromatic N) is 1. The molecule has 16 heavy (non-hydrogen) atoms. The largest absolute Gasteiger partial charge is 0.362 e. The van der Waals surface area contributed by atoms with E-state index in [9.17, 15) is 0 Å². The highest BCUT2D eigenvalue weighted by atomic mass is 32.2. The zero-order chi connectivity index (χ0) is 11.5. The van der Waals surface area contributed by atoms with Crippen molar-refractivity contribution in [1.29, 1.82) is 0 Å². The van der Waals surface area contributed by atoms with Gasteiger partial charge in [-0.25, -0.2) is 0 Å². The number of hydrogen-bond donors (Lipinski definition) is 1. The van der Waals surface area contributed by atoms with Crippen LogP contribution in [0.1, 0.15) is 46.5 Å². The van der Waals surface area contributed by atoms with Gasteiger partial charge >= 0.3 is 0 Å². The summed E-state index contributed by atoms with van der Waals surface area (Å²) in [4.78, 5) is 4.62. The Morgan fingerprint density at radius 2 is 2.19 bits per heavy atom. The van der Waals surface area contributed by atoms with Gasteiger partial charge in [0.1, 0.15) is 0 Å². The molecule has 0 amide bonds. The first kappa shape index (κ1) is 12.3. The van der Waals surface area contributed by atoms with E-state index in [2.05, 4.69) is 31.1 Å². The third kappa shape index (κ3) is 3.41. The third-order valence-electron chi connectivity index (χ3n) is 3.65. The van der Waals surface area contributed by atoms with Crippen LogP contribution in [-0.2, 0) is 0 Å². The average molecular weight is 240 g/mol. The van der Waals surface area contributed by atoms with Crippen LogP contribution in [0.5, 0.6) is 0 Å². The molecule has 3 atom stereocenters. The molecule has 3 heteroatoms. The maximum Gasteiger partial charge on any atom is 0.157 e. The molecule has 92 valence electrons. The van der Waals surface area contributed by atoms with E-state index in [4.69, 9.17) is 0 Å². The maximum absolute atomic E-state index is 4.62. The Hall–Kier alpha value is -0.180. The topological polar surface area (TPSA) is 24.4 Å². The molecule has 0 bridgehead atoms. The summed E-state index contributed by atoms with van der Waals surface area (Å²) in [5.41, 5.74) is 0. The van der Waals surface area contributed by atoms with Crippen LogP contribution in [0.2, 0.25) is 0 Å². The first-order valence-electron chi connectivity index (χ1n) is 6.66. The maximum atomic E-state index is 4.62. The van der Waals surface area contributed by atoms with Gasteiger partial charge in [-0.15, -0.1) is 0 Å². The standard InChI is InChI=1S/C13H24N2S/c1-4-9(2)7-10(3)15-13-14-8-12(16-13)11-5-6-11/h9-12H,4-8H2,1-3H3,(H,14,15). The fourth-order valence-corrected chi connectivity index (χ4v) is 3.54. The lowest BCUT2D eigenvalue weighted by atomic mass is 10.0. The minimum absolute atomic E-state index is 0.569. The first-order valence-corrected chi connectivity index (χ1v) is 7.54. The van der Waals surface area contributed by atoms with Gasteiger partial charge in [-0.05, 0) is 38.0 Å². The SMILES string of the molecule is CCC(C)CC(C)NC1=NCC(C2CC2)S1. The van der Waals surface area contributed by atoms with E-state index in [0.29, 0.717) is 6.04 Å². The minimum Gasteiger partial charge on any atom is -0.362 e. The highest BCUT2D eigenvalue weighted by Gasteiger charge is 2.35. The van der Waals surface area contributed by atoms with Gasteiger partial charge in [-0.1, -0.05) is 32.0 Å². The number of thioether (sulfide) groups is 1. The lowest BCUT2D eigenvalue weighted by molar-refractivity contribution is 0.449. The van der Waals surface area contributed by atoms with E-state index < -0.39 is 0 Å². The molecule has 3 unspecified atom stereocenters. The molecule has 0 aromatic carbocycles. The lowest BCUT2D eigenvalue weighted by Gasteiger charge is -2.18. The summed E-state index contributed by atoms with van der Waals surface area (Å²) in [6.07, 6.45) is 5.40. The van der Waals surface area contributed by atoms with Crippen LogP contribution in [0.15, 0.2) is 4.99 Å². The van der Waals surface area contributed by atoms with Gasteiger partial charge in [-0.3, -0.25) is 4.99 Å². The summed E-state index contributed by atoms with van der Waals surface area (Å²) in [6.45, 7) is 7.92. The van der Waals surface area contributed by atoms with Gasteiger partial charge in [0, 0.05) is 11.3 Å². The van der Waals surface area contributed by atoms with Gasteiger partial charge in [0.15, 0.2) is 5.17 Å². The van der Waals surface area contributed by atoms with Crippen LogP contribution in [0.4, 0.5) is 0 Å². The van der Waals surface area contributed by atoms with Gasteiger partial charge in [-0.2, -0.15) is 0 Å². The molecule has 2 rings (SSSR count). The summed E-state index contributed by atoms with van der Waals surface area (Å²) in [6, 6.07) is 0.569. The first-order chi connectivity index (χ1) is 7.69. The molecule has 2 aliphatic rings. The van der Waals surface area contributed by atoms with E-state index in [1.807, 2.05) is 11.8 Å². The normalized spacial score (nSPS) is 28.7. The van der Waals surface area contributed by atoms with Crippen LogP contribution in [0, 0.1) is 11.8 Å². The fourth-order valence-electron chi connectivity index (χ4n) is 2.22. The highest BCUT2D eigenvalue weighted by molar-refractivity contribution is 8.14. The fraction of sp³-hybridized carbons (Fsp3) is 0.923. The summed E-state index contributed by atoms with van der Waals surface area (Å²) in [5, 5.41) is 5.56.